The average molecular weight is 658 g/mol. The number of carbonyl (C=O) groups is 3. The van der Waals surface area contributed by atoms with Gasteiger partial charge in [0.15, 0.2) is 0 Å². The zero-order valence-corrected chi connectivity index (χ0v) is 24.5. The molecule has 3 atom stereocenters. The van der Waals surface area contributed by atoms with Crippen molar-refractivity contribution in [2.75, 3.05) is 38.9 Å². The minimum Gasteiger partial charge on any atom is -0.491 e. The van der Waals surface area contributed by atoms with Crippen LogP contribution in [0, 0.1) is 3.57 Å². The number of halogens is 1. The molecule has 1 aliphatic rings. The highest BCUT2D eigenvalue weighted by Crippen LogP contribution is 2.31. The van der Waals surface area contributed by atoms with Crippen LogP contribution in [0.3, 0.4) is 0 Å². The quantitative estimate of drug-likeness (QED) is 0.156. The van der Waals surface area contributed by atoms with Crippen molar-refractivity contribution >= 4 is 46.1 Å². The van der Waals surface area contributed by atoms with Crippen molar-refractivity contribution in [1.82, 2.24) is 10.2 Å². The molecule has 4 rings (SSSR count). The van der Waals surface area contributed by atoms with Crippen LogP contribution in [0.25, 0.3) is 0 Å². The number of amides is 4. The first-order valence-electron chi connectivity index (χ1n) is 12.9. The fraction of sp³-hybridized carbons (Fsp3) is 0.300. The molecular formula is C30H32IN3O6. The summed E-state index contributed by atoms with van der Waals surface area (Å²) in [6, 6.07) is 21.0. The third-order valence-electron chi connectivity index (χ3n) is 6.57. The topological polar surface area (TPSA) is 106 Å². The number of methoxy groups -OCH3 is 1. The van der Waals surface area contributed by atoms with E-state index in [9.17, 15) is 14.4 Å². The average Bonchev–Trinajstić information content (AvgIpc) is 3.26. The van der Waals surface area contributed by atoms with Gasteiger partial charge in [-0.1, -0.05) is 49.4 Å². The Morgan fingerprint density at radius 1 is 0.950 bits per heavy atom. The molecule has 0 spiro atoms. The van der Waals surface area contributed by atoms with Crippen LogP contribution in [-0.2, 0) is 19.1 Å². The Labute approximate surface area is 247 Å². The Kier molecular flexibility index (Phi) is 10.5. The molecule has 10 heteroatoms. The first-order valence-corrected chi connectivity index (χ1v) is 14.0. The van der Waals surface area contributed by atoms with E-state index in [0.717, 1.165) is 14.0 Å². The van der Waals surface area contributed by atoms with Crippen LogP contribution >= 0.6 is 22.6 Å². The number of anilines is 1. The van der Waals surface area contributed by atoms with E-state index in [-0.39, 0.29) is 0 Å². The number of urea groups is 1. The fourth-order valence-corrected chi connectivity index (χ4v) is 4.82. The molecule has 40 heavy (non-hydrogen) atoms. The summed E-state index contributed by atoms with van der Waals surface area (Å²) >= 11 is 2.18. The number of carbonyl (C=O) groups excluding carboxylic acids is 3. The number of benzene rings is 3. The summed E-state index contributed by atoms with van der Waals surface area (Å²) in [4.78, 5) is 41.6. The molecule has 9 nitrogen and oxygen atoms in total. The summed E-state index contributed by atoms with van der Waals surface area (Å²) in [6.07, 6.45) is 0. The summed E-state index contributed by atoms with van der Waals surface area (Å²) in [5.41, 5.74) is 2.01. The summed E-state index contributed by atoms with van der Waals surface area (Å²) in [6.45, 7) is 3.64. The lowest BCUT2D eigenvalue weighted by Crippen LogP contribution is -2.50. The summed E-state index contributed by atoms with van der Waals surface area (Å²) < 4.78 is 17.0. The van der Waals surface area contributed by atoms with Crippen molar-refractivity contribution in [3.05, 3.63) is 93.6 Å². The second-order valence-electron chi connectivity index (χ2n) is 9.25. The molecule has 3 aromatic carbocycles. The van der Waals surface area contributed by atoms with Gasteiger partial charge in [-0.3, -0.25) is 9.59 Å². The Balaban J connectivity index is 1.50. The molecule has 0 aromatic heterocycles. The van der Waals surface area contributed by atoms with Crippen LogP contribution in [0.5, 0.6) is 5.75 Å². The molecule has 3 aromatic rings. The molecule has 0 radical (unpaired) electrons. The standard InChI is InChI=1S/C30H32IN3O6/c1-20(21-6-4-3-5-7-21)27(28(35)32-24-12-10-23(31)11-13-24)34-29(36)26(33-30(34)37)22-8-14-25(15-9-22)40-19-18-39-17-16-38-2/h3-15,20,26-27H,16-19H2,1-2H3,(H,32,35)(H,33,37)/t20-,26+,27?/m0/s1. The summed E-state index contributed by atoms with van der Waals surface area (Å²) in [5, 5.41) is 5.64. The van der Waals surface area contributed by atoms with Crippen LogP contribution in [0.15, 0.2) is 78.9 Å². The molecule has 0 bridgehead atoms. The third-order valence-corrected chi connectivity index (χ3v) is 7.29. The zero-order chi connectivity index (χ0) is 28.5. The second kappa shape index (κ2) is 14.2. The van der Waals surface area contributed by atoms with Crippen molar-refractivity contribution in [3.8, 4) is 5.75 Å². The monoisotopic (exact) mass is 657 g/mol. The molecule has 1 aliphatic heterocycles. The molecular weight excluding hydrogens is 625 g/mol. The normalized spacial score (nSPS) is 16.4. The number of nitrogens with one attached hydrogen (secondary N) is 2. The van der Waals surface area contributed by atoms with Gasteiger partial charge < -0.3 is 24.8 Å². The van der Waals surface area contributed by atoms with Crippen molar-refractivity contribution < 1.29 is 28.6 Å². The van der Waals surface area contributed by atoms with Gasteiger partial charge in [0.1, 0.15) is 24.4 Å². The predicted molar refractivity (Wildman–Crippen MR) is 159 cm³/mol. The van der Waals surface area contributed by atoms with Crippen molar-refractivity contribution in [3.63, 3.8) is 0 Å². The van der Waals surface area contributed by atoms with Crippen molar-refractivity contribution in [2.24, 2.45) is 0 Å². The van der Waals surface area contributed by atoms with Crippen LogP contribution in [0.4, 0.5) is 10.5 Å². The first-order chi connectivity index (χ1) is 19.4. The molecule has 1 unspecified atom stereocenters. The van der Waals surface area contributed by atoms with Gasteiger partial charge in [-0.2, -0.15) is 0 Å². The Hall–Kier alpha value is -3.48. The Bertz CT molecular complexity index is 1290. The van der Waals surface area contributed by atoms with E-state index in [1.165, 1.54) is 0 Å². The number of ether oxygens (including phenoxy) is 3. The van der Waals surface area contributed by atoms with Crippen LogP contribution < -0.4 is 15.4 Å². The maximum Gasteiger partial charge on any atom is 0.325 e. The number of nitrogens with zero attached hydrogens (tertiary/aromatic N) is 1. The molecule has 1 saturated heterocycles. The highest BCUT2D eigenvalue weighted by atomic mass is 127. The van der Waals surface area contributed by atoms with E-state index in [1.54, 1.807) is 43.5 Å². The zero-order valence-electron chi connectivity index (χ0n) is 22.3. The maximum atomic E-state index is 13.7. The van der Waals surface area contributed by atoms with Crippen molar-refractivity contribution in [1.29, 1.82) is 0 Å². The van der Waals surface area contributed by atoms with Gasteiger partial charge in [0.2, 0.25) is 5.91 Å². The lowest BCUT2D eigenvalue weighted by atomic mass is 9.91. The number of rotatable bonds is 13. The van der Waals surface area contributed by atoms with E-state index >= 15 is 0 Å². The molecule has 1 fully saturated rings. The molecule has 2 N–H and O–H groups in total. The van der Waals surface area contributed by atoms with E-state index < -0.39 is 35.8 Å². The van der Waals surface area contributed by atoms with Crippen LogP contribution in [0.1, 0.15) is 30.0 Å². The smallest absolute Gasteiger partial charge is 0.325 e. The van der Waals surface area contributed by atoms with E-state index in [1.807, 2.05) is 49.4 Å². The van der Waals surface area contributed by atoms with Crippen molar-refractivity contribution in [2.45, 2.75) is 24.9 Å². The van der Waals surface area contributed by atoms with Crippen LogP contribution in [0.2, 0.25) is 0 Å². The van der Waals surface area contributed by atoms with Gasteiger partial charge in [-0.05, 0) is 70.1 Å². The molecule has 0 aliphatic carbocycles. The van der Waals surface area contributed by atoms with Gasteiger partial charge in [0.05, 0.1) is 19.8 Å². The minimum atomic E-state index is -1.07. The largest absolute Gasteiger partial charge is 0.491 e. The Morgan fingerprint density at radius 3 is 2.30 bits per heavy atom. The SMILES string of the molecule is COCCOCCOc1ccc([C@H]2NC(=O)N(C(C(=O)Nc3ccc(I)cc3)[C@@H](C)c3ccccc3)C2=O)cc1. The summed E-state index contributed by atoms with van der Waals surface area (Å²) in [7, 11) is 1.61. The van der Waals surface area contributed by atoms with Gasteiger partial charge in [-0.25, -0.2) is 9.69 Å². The highest BCUT2D eigenvalue weighted by Gasteiger charge is 2.47. The maximum absolute atomic E-state index is 13.7. The molecule has 4 amide bonds. The van der Waals surface area contributed by atoms with Gasteiger partial charge in [0.25, 0.3) is 5.91 Å². The van der Waals surface area contributed by atoms with E-state index in [2.05, 4.69) is 33.2 Å². The summed E-state index contributed by atoms with van der Waals surface area (Å²) in [5.74, 6) is -0.783. The number of hydrogen-bond acceptors (Lipinski definition) is 6. The fourth-order valence-electron chi connectivity index (χ4n) is 4.46. The van der Waals surface area contributed by atoms with Gasteiger partial charge in [-0.15, -0.1) is 0 Å². The Morgan fingerprint density at radius 2 is 1.62 bits per heavy atom. The van der Waals surface area contributed by atoms with Gasteiger partial charge in [0, 0.05) is 22.3 Å². The molecule has 0 saturated carbocycles. The number of hydrogen-bond donors (Lipinski definition) is 2. The lowest BCUT2D eigenvalue weighted by molar-refractivity contribution is -0.134. The van der Waals surface area contributed by atoms with Gasteiger partial charge >= 0.3 is 6.03 Å². The molecule has 210 valence electrons. The second-order valence-corrected chi connectivity index (χ2v) is 10.5. The predicted octanol–water partition coefficient (Wildman–Crippen LogP) is 4.74. The third kappa shape index (κ3) is 7.38. The minimum absolute atomic E-state index is 0.366. The van der Waals surface area contributed by atoms with E-state index in [0.29, 0.717) is 43.4 Å². The number of imide groups is 1. The molecule has 1 heterocycles. The van der Waals surface area contributed by atoms with Crippen LogP contribution in [-0.4, -0.2) is 62.3 Å². The van der Waals surface area contributed by atoms with E-state index in [4.69, 9.17) is 14.2 Å². The first kappa shape index (κ1) is 29.5. The highest BCUT2D eigenvalue weighted by molar-refractivity contribution is 14.1. The lowest BCUT2D eigenvalue weighted by Gasteiger charge is -2.30.